The van der Waals surface area contributed by atoms with Crippen LogP contribution >= 0.6 is 0 Å². The molecule has 4 aromatic rings. The van der Waals surface area contributed by atoms with Crippen LogP contribution in [0.2, 0.25) is 0 Å². The number of aliphatic imine (C=N–C) groups is 1. The fourth-order valence-corrected chi connectivity index (χ4v) is 7.62. The van der Waals surface area contributed by atoms with Gasteiger partial charge in [-0.05, 0) is 68.9 Å². The minimum atomic E-state index is -2.51. The first-order valence-electron chi connectivity index (χ1n) is 18.9. The zero-order chi connectivity index (χ0) is 43.0. The number of allylic oxidation sites excluding steroid dienone is 1. The number of aromatic hydroxyl groups is 1. The molecule has 3 aromatic carbocycles. The number of carbonyl (C=O) groups excluding carboxylic acids is 1. The number of ether oxygens (including phenoxy) is 3. The Bertz CT molecular complexity index is 2430. The highest BCUT2D eigenvalue weighted by molar-refractivity contribution is 5.95. The van der Waals surface area contributed by atoms with E-state index in [0.717, 1.165) is 29.3 Å². The summed E-state index contributed by atoms with van der Waals surface area (Å²) in [5, 5.41) is 76.9. The van der Waals surface area contributed by atoms with Gasteiger partial charge in [0.25, 0.3) is 0 Å². The van der Waals surface area contributed by atoms with Crippen LogP contribution in [0.25, 0.3) is 27.8 Å². The van der Waals surface area contributed by atoms with Gasteiger partial charge in [0, 0.05) is 36.4 Å². The first kappa shape index (κ1) is 42.3. The molecular formula is C42H44N3O15+. The van der Waals surface area contributed by atoms with Gasteiger partial charge in [-0.15, -0.1) is 0 Å². The van der Waals surface area contributed by atoms with Gasteiger partial charge in [0.1, 0.15) is 53.5 Å². The van der Waals surface area contributed by atoms with Crippen molar-refractivity contribution >= 4 is 34.8 Å². The van der Waals surface area contributed by atoms with Gasteiger partial charge >= 0.3 is 11.9 Å². The molecule has 0 saturated carbocycles. The average Bonchev–Trinajstić information content (AvgIpc) is 3.79. The number of phenolic OH excluding ortho intramolecular Hbond substituents is 1. The van der Waals surface area contributed by atoms with Gasteiger partial charge in [0.2, 0.25) is 18.7 Å². The fraction of sp³-hybridized carbons (Fsp3) is 0.333. The third-order valence-corrected chi connectivity index (χ3v) is 10.6. The maximum absolute atomic E-state index is 13.5. The molecule has 9 N–H and O–H groups in total. The Morgan fingerprint density at radius 1 is 1.03 bits per heavy atom. The summed E-state index contributed by atoms with van der Waals surface area (Å²) in [7, 11) is 1.15. The lowest BCUT2D eigenvalue weighted by molar-refractivity contribution is -1.04. The molecule has 9 unspecified atom stereocenters. The number of aliphatic hydroxyl groups is 5. The van der Waals surface area contributed by atoms with Crippen molar-refractivity contribution in [1.82, 2.24) is 5.32 Å². The first-order valence-corrected chi connectivity index (χ1v) is 18.9. The highest BCUT2D eigenvalue weighted by Crippen LogP contribution is 2.33. The molecule has 0 bridgehead atoms. The van der Waals surface area contributed by atoms with Crippen LogP contribution in [-0.2, 0) is 23.9 Å². The zero-order valence-corrected chi connectivity index (χ0v) is 32.5. The summed E-state index contributed by atoms with van der Waals surface area (Å²) in [6.45, 7) is 3.38. The van der Waals surface area contributed by atoms with E-state index in [1.807, 2.05) is 38.1 Å². The molecule has 0 radical (unpaired) electrons. The molecule has 3 aliphatic rings. The van der Waals surface area contributed by atoms with Gasteiger partial charge in [-0.3, -0.25) is 19.7 Å². The van der Waals surface area contributed by atoms with E-state index >= 15 is 0 Å². The number of carbonyl (C=O) groups is 2. The number of hydrogen-bond donors (Lipinski definition) is 9. The normalized spacial score (nSPS) is 24.4. The van der Waals surface area contributed by atoms with Crippen LogP contribution in [0.15, 0.2) is 98.5 Å². The van der Waals surface area contributed by atoms with E-state index in [1.165, 1.54) is 36.6 Å². The van der Waals surface area contributed by atoms with Crippen molar-refractivity contribution in [2.75, 3.05) is 20.2 Å². The summed E-state index contributed by atoms with van der Waals surface area (Å²) in [6, 6.07) is 16.1. The standard InChI is InChI=1S/C42H43N3O15/c1-20-14-21(2)16-24(15-20)32-31-23(10-12-44-31)18-45(32)60-37-35(50)34(49)36(40(54)59-39(53)30(38(51)52)42(55,43-3)11-13-46)58-41(37)57-26-8-9-27-29(17-26)56-19-28(33(27)48)22-4-6-25(47)7-5-22/h4-10,12,14-17,19,30,34-37,40-41,43,46-47,49-50,54-55H,11,13,18H2,1-3H3,(H,51,52)/p+1. The Kier molecular flexibility index (Phi) is 12.0. The van der Waals surface area contributed by atoms with Crippen molar-refractivity contribution in [3.63, 3.8) is 0 Å². The quantitative estimate of drug-likeness (QED) is 0.0461. The van der Waals surface area contributed by atoms with E-state index in [9.17, 15) is 50.1 Å². The highest BCUT2D eigenvalue weighted by atomic mass is 16.8. The predicted molar refractivity (Wildman–Crippen MR) is 210 cm³/mol. The lowest BCUT2D eigenvalue weighted by atomic mass is 9.92. The van der Waals surface area contributed by atoms with E-state index in [4.69, 9.17) is 23.5 Å². The lowest BCUT2D eigenvalue weighted by Gasteiger charge is -2.42. The van der Waals surface area contributed by atoms with Crippen LogP contribution in [-0.4, -0.2) is 117 Å². The minimum absolute atomic E-state index is 0.0120. The summed E-state index contributed by atoms with van der Waals surface area (Å²) in [5.41, 5.74) is 2.72. The Balaban J connectivity index is 1.22. The number of rotatable bonds is 14. The molecule has 0 amide bonds. The molecule has 1 aromatic heterocycles. The third-order valence-electron chi connectivity index (χ3n) is 10.6. The number of quaternary nitrogens is 1. The number of aliphatic hydroxyl groups excluding tert-OH is 4. The maximum Gasteiger partial charge on any atom is 0.327 e. The van der Waals surface area contributed by atoms with Crippen molar-refractivity contribution in [2.45, 2.75) is 63.0 Å². The van der Waals surface area contributed by atoms with Crippen molar-refractivity contribution in [3.8, 4) is 22.6 Å². The van der Waals surface area contributed by atoms with Crippen LogP contribution in [0.3, 0.4) is 0 Å². The van der Waals surface area contributed by atoms with Gasteiger partial charge in [0.05, 0.1) is 10.9 Å². The second kappa shape index (κ2) is 17.1. The topological polar surface area (TPSA) is 272 Å². The van der Waals surface area contributed by atoms with Crippen molar-refractivity contribution in [1.29, 1.82) is 0 Å². The van der Waals surface area contributed by atoms with E-state index in [2.05, 4.69) is 10.3 Å². The molecule has 7 rings (SSSR count). The number of phenols is 1. The largest absolute Gasteiger partial charge is 0.508 e. The van der Waals surface area contributed by atoms with E-state index in [-0.39, 0.29) is 40.0 Å². The van der Waals surface area contributed by atoms with Gasteiger partial charge in [-0.2, -0.15) is 9.90 Å². The van der Waals surface area contributed by atoms with Crippen LogP contribution in [0.4, 0.5) is 0 Å². The Morgan fingerprint density at radius 2 is 1.75 bits per heavy atom. The van der Waals surface area contributed by atoms with Gasteiger partial charge < -0.3 is 54.4 Å². The Labute approximate surface area is 341 Å². The van der Waals surface area contributed by atoms with Crippen LogP contribution in [0.5, 0.6) is 11.5 Å². The molecule has 0 spiro atoms. The Hall–Kier alpha value is -5.80. The van der Waals surface area contributed by atoms with Crippen LogP contribution < -0.4 is 20.5 Å². The first-order chi connectivity index (χ1) is 28.6. The number of fused-ring (bicyclic) bond motifs is 2. The average molecular weight is 831 g/mol. The van der Waals surface area contributed by atoms with Gasteiger partial charge in [-0.25, -0.2) is 4.99 Å². The molecule has 4 heterocycles. The summed E-state index contributed by atoms with van der Waals surface area (Å²) in [6.07, 6.45) is -7.58. The monoisotopic (exact) mass is 830 g/mol. The minimum Gasteiger partial charge on any atom is -0.508 e. The molecule has 1 fully saturated rings. The smallest absolute Gasteiger partial charge is 0.327 e. The van der Waals surface area contributed by atoms with Gasteiger partial charge in [0.15, 0.2) is 23.1 Å². The lowest BCUT2D eigenvalue weighted by Crippen LogP contribution is -3.08. The Morgan fingerprint density at radius 3 is 2.42 bits per heavy atom. The second-order valence-electron chi connectivity index (χ2n) is 14.8. The molecule has 3 aliphatic heterocycles. The number of esters is 1. The fourth-order valence-electron chi connectivity index (χ4n) is 7.62. The summed E-state index contributed by atoms with van der Waals surface area (Å²) in [5.74, 6) is -5.86. The summed E-state index contributed by atoms with van der Waals surface area (Å²) < 4.78 is 23.1. The van der Waals surface area contributed by atoms with Crippen LogP contribution in [0.1, 0.15) is 23.1 Å². The number of nitrogens with zero attached hydrogens (tertiary/aromatic N) is 1. The molecular weight excluding hydrogens is 786 g/mol. The number of nitrogens with one attached hydrogen (secondary N) is 2. The molecule has 9 atom stereocenters. The number of aryl methyl sites for hydroxylation is 2. The predicted octanol–water partition coefficient (Wildman–Crippen LogP) is 0.0390. The number of carboxylic acids is 1. The van der Waals surface area contributed by atoms with Gasteiger partial charge in [-0.1, -0.05) is 29.3 Å². The SMILES string of the molecule is CNC(O)(CCO)C(C(=O)O)C(=O)OC(O)C1OC(Oc2ccc3c(=O)c(-c4ccc(O)cc4)coc3c2)C(O[NH+]2CC3=CC=NC3=C2c2cc(C)cc(C)c2)C(O)C1O. The molecule has 316 valence electrons. The molecule has 18 nitrogen and oxygen atoms in total. The molecule has 0 aliphatic carbocycles. The number of aliphatic carboxylic acids is 1. The van der Waals surface area contributed by atoms with Crippen molar-refractivity contribution in [2.24, 2.45) is 10.9 Å². The highest BCUT2D eigenvalue weighted by Gasteiger charge is 2.55. The van der Waals surface area contributed by atoms with E-state index < -0.39 is 73.6 Å². The molecule has 18 heteroatoms. The zero-order valence-electron chi connectivity index (χ0n) is 32.5. The van der Waals surface area contributed by atoms with Crippen molar-refractivity contribution < 1.29 is 73.9 Å². The van der Waals surface area contributed by atoms with Crippen molar-refractivity contribution in [3.05, 3.63) is 111 Å². The third kappa shape index (κ3) is 8.20. The maximum atomic E-state index is 13.5. The van der Waals surface area contributed by atoms with E-state index in [1.54, 1.807) is 18.3 Å². The number of hydrogen-bond acceptors (Lipinski definition) is 16. The number of carboxylic acid groups (broad SMARTS) is 1. The summed E-state index contributed by atoms with van der Waals surface area (Å²) >= 11 is 0. The number of hydroxylamine groups is 2. The number of benzene rings is 3. The molecule has 1 saturated heterocycles. The van der Waals surface area contributed by atoms with E-state index in [0.29, 0.717) is 22.0 Å². The molecule has 60 heavy (non-hydrogen) atoms. The second-order valence-corrected chi connectivity index (χ2v) is 14.8. The summed E-state index contributed by atoms with van der Waals surface area (Å²) in [4.78, 5) is 49.9. The van der Waals surface area contributed by atoms with Crippen LogP contribution in [0, 0.1) is 19.8 Å².